The number of hydrogen-bond donors (Lipinski definition) is 1. The van der Waals surface area contributed by atoms with Gasteiger partial charge < -0.3 is 5.43 Å². The molecule has 0 aliphatic carbocycles. The van der Waals surface area contributed by atoms with Crippen molar-refractivity contribution in [1.29, 1.82) is 0 Å². The summed E-state index contributed by atoms with van der Waals surface area (Å²) < 4.78 is 0. The fourth-order valence-corrected chi connectivity index (χ4v) is 1.02. The molecule has 0 heterocycles. The Balaban J connectivity index is 2.74. The molecule has 16 heavy (non-hydrogen) atoms. The van der Waals surface area contributed by atoms with Crippen molar-refractivity contribution in [3.05, 3.63) is 39.9 Å². The van der Waals surface area contributed by atoms with Crippen molar-refractivity contribution in [2.75, 3.05) is 0 Å². The summed E-state index contributed by atoms with van der Waals surface area (Å²) in [4.78, 5) is 10.1. The summed E-state index contributed by atoms with van der Waals surface area (Å²) >= 11 is 0. The molecule has 1 rings (SSSR count). The van der Waals surface area contributed by atoms with Crippen LogP contribution in [0.5, 0.6) is 0 Å². The highest BCUT2D eigenvalue weighted by Gasteiger charge is 2.06. The molecule has 0 aliphatic heterocycles. The zero-order valence-electron chi connectivity index (χ0n) is 9.60. The third kappa shape index (κ3) is 4.08. The van der Waals surface area contributed by atoms with Gasteiger partial charge in [0, 0.05) is 23.2 Å². The maximum absolute atomic E-state index is 10.5. The minimum Gasteiger partial charge on any atom is -0.305 e. The van der Waals surface area contributed by atoms with Gasteiger partial charge in [0.15, 0.2) is 0 Å². The number of nitrogens with zero attached hydrogens (tertiary/aromatic N) is 2. The van der Waals surface area contributed by atoms with E-state index in [9.17, 15) is 10.1 Å². The molecule has 1 N–H and O–H groups in total. The van der Waals surface area contributed by atoms with E-state index in [1.165, 1.54) is 12.1 Å². The van der Waals surface area contributed by atoms with Crippen molar-refractivity contribution >= 4 is 11.9 Å². The van der Waals surface area contributed by atoms with Gasteiger partial charge in [-0.3, -0.25) is 10.1 Å². The van der Waals surface area contributed by atoms with E-state index in [-0.39, 0.29) is 11.2 Å². The number of rotatable bonds is 3. The molecule has 0 unspecified atom stereocenters. The summed E-state index contributed by atoms with van der Waals surface area (Å²) in [7, 11) is 0. The second kappa shape index (κ2) is 4.74. The summed E-state index contributed by atoms with van der Waals surface area (Å²) in [6, 6.07) is 6.33. The van der Waals surface area contributed by atoms with Crippen molar-refractivity contribution in [3.8, 4) is 0 Å². The van der Waals surface area contributed by atoms with Crippen molar-refractivity contribution in [1.82, 2.24) is 5.43 Å². The quantitative estimate of drug-likeness (QED) is 0.484. The molecule has 0 atom stereocenters. The summed E-state index contributed by atoms with van der Waals surface area (Å²) in [5.41, 5.74) is 3.57. The van der Waals surface area contributed by atoms with Crippen LogP contribution in [0.25, 0.3) is 0 Å². The first-order valence-electron chi connectivity index (χ1n) is 4.93. The Morgan fingerprint density at radius 1 is 1.44 bits per heavy atom. The first-order chi connectivity index (χ1) is 7.38. The molecule has 5 heteroatoms. The van der Waals surface area contributed by atoms with E-state index in [4.69, 9.17) is 0 Å². The molecule has 0 bridgehead atoms. The molecule has 0 saturated heterocycles. The molecule has 0 aliphatic rings. The molecule has 1 aromatic carbocycles. The zero-order valence-corrected chi connectivity index (χ0v) is 9.60. The van der Waals surface area contributed by atoms with Crippen LogP contribution in [-0.4, -0.2) is 16.7 Å². The SMILES string of the molecule is CC(C)(C)N/N=C\c1cccc([N+](=O)[O-])c1. The number of nitro benzene ring substituents is 1. The lowest BCUT2D eigenvalue weighted by atomic mass is 10.1. The fraction of sp³-hybridized carbons (Fsp3) is 0.364. The van der Waals surface area contributed by atoms with E-state index in [2.05, 4.69) is 10.5 Å². The highest BCUT2D eigenvalue weighted by molar-refractivity contribution is 5.80. The van der Waals surface area contributed by atoms with E-state index in [1.807, 2.05) is 20.8 Å². The first-order valence-corrected chi connectivity index (χ1v) is 4.93. The Hall–Kier alpha value is -1.91. The smallest absolute Gasteiger partial charge is 0.270 e. The van der Waals surface area contributed by atoms with Crippen LogP contribution in [-0.2, 0) is 0 Å². The van der Waals surface area contributed by atoms with E-state index in [0.717, 1.165) is 0 Å². The van der Waals surface area contributed by atoms with Crippen molar-refractivity contribution < 1.29 is 4.92 Å². The third-order valence-electron chi connectivity index (χ3n) is 1.69. The van der Waals surface area contributed by atoms with Gasteiger partial charge in [-0.2, -0.15) is 5.10 Å². The molecule has 0 saturated carbocycles. The molecule has 5 nitrogen and oxygen atoms in total. The summed E-state index contributed by atoms with van der Waals surface area (Å²) in [5.74, 6) is 0. The average Bonchev–Trinajstić information content (AvgIpc) is 2.16. The van der Waals surface area contributed by atoms with E-state index < -0.39 is 4.92 Å². The number of non-ortho nitro benzene ring substituents is 1. The van der Waals surface area contributed by atoms with Crippen LogP contribution < -0.4 is 5.43 Å². The summed E-state index contributed by atoms with van der Waals surface area (Å²) in [5, 5.41) is 14.5. The standard InChI is InChI=1S/C11H15N3O2/c1-11(2,3)13-12-8-9-5-4-6-10(7-9)14(15)16/h4-8,13H,1-3H3/b12-8-. The van der Waals surface area contributed by atoms with Gasteiger partial charge in [0.05, 0.1) is 11.1 Å². The molecule has 1 aromatic rings. The molecule has 0 amide bonds. The maximum atomic E-state index is 10.5. The molecule has 0 spiro atoms. The first kappa shape index (κ1) is 12.2. The second-order valence-corrected chi connectivity index (χ2v) is 4.47. The Kier molecular flexibility index (Phi) is 3.60. The van der Waals surface area contributed by atoms with Gasteiger partial charge in [0.1, 0.15) is 0 Å². The molecular formula is C11H15N3O2. The fourth-order valence-electron chi connectivity index (χ4n) is 1.02. The van der Waals surface area contributed by atoms with Crippen LogP contribution >= 0.6 is 0 Å². The van der Waals surface area contributed by atoms with Crippen molar-refractivity contribution in [3.63, 3.8) is 0 Å². The Labute approximate surface area is 94.3 Å². The molecule has 0 fully saturated rings. The Morgan fingerprint density at radius 3 is 2.69 bits per heavy atom. The van der Waals surface area contributed by atoms with Crippen LogP contribution in [0.3, 0.4) is 0 Å². The summed E-state index contributed by atoms with van der Waals surface area (Å²) in [6.07, 6.45) is 1.57. The largest absolute Gasteiger partial charge is 0.305 e. The van der Waals surface area contributed by atoms with E-state index >= 15 is 0 Å². The highest BCUT2D eigenvalue weighted by Crippen LogP contribution is 2.11. The number of nitrogens with one attached hydrogen (secondary N) is 1. The highest BCUT2D eigenvalue weighted by atomic mass is 16.6. The zero-order chi connectivity index (χ0) is 12.2. The molecule has 0 radical (unpaired) electrons. The molecule has 86 valence electrons. The average molecular weight is 221 g/mol. The lowest BCUT2D eigenvalue weighted by molar-refractivity contribution is -0.384. The number of hydrazone groups is 1. The van der Waals surface area contributed by atoms with Crippen LogP contribution in [0.15, 0.2) is 29.4 Å². The monoisotopic (exact) mass is 221 g/mol. The van der Waals surface area contributed by atoms with Gasteiger partial charge in [-0.05, 0) is 20.8 Å². The van der Waals surface area contributed by atoms with Crippen LogP contribution in [0.1, 0.15) is 26.3 Å². The number of hydrogen-bond acceptors (Lipinski definition) is 4. The van der Waals surface area contributed by atoms with Gasteiger partial charge in [0.2, 0.25) is 0 Å². The lowest BCUT2D eigenvalue weighted by Gasteiger charge is -2.16. The predicted octanol–water partition coefficient (Wildman–Crippen LogP) is 2.32. The molecule has 0 aromatic heterocycles. The third-order valence-corrected chi connectivity index (χ3v) is 1.69. The topological polar surface area (TPSA) is 67.5 Å². The summed E-state index contributed by atoms with van der Waals surface area (Å²) in [6.45, 7) is 5.95. The predicted molar refractivity (Wildman–Crippen MR) is 63.6 cm³/mol. The minimum absolute atomic E-state index is 0.0692. The van der Waals surface area contributed by atoms with E-state index in [1.54, 1.807) is 18.3 Å². The normalized spacial score (nSPS) is 11.7. The van der Waals surface area contributed by atoms with Gasteiger partial charge in [0.25, 0.3) is 5.69 Å². The van der Waals surface area contributed by atoms with Gasteiger partial charge in [-0.25, -0.2) is 0 Å². The lowest BCUT2D eigenvalue weighted by Crippen LogP contribution is -2.31. The van der Waals surface area contributed by atoms with Crippen molar-refractivity contribution in [2.24, 2.45) is 5.10 Å². The van der Waals surface area contributed by atoms with Gasteiger partial charge in [-0.15, -0.1) is 0 Å². The van der Waals surface area contributed by atoms with Crippen LogP contribution in [0, 0.1) is 10.1 Å². The Morgan fingerprint density at radius 2 is 2.12 bits per heavy atom. The van der Waals surface area contributed by atoms with Crippen molar-refractivity contribution in [2.45, 2.75) is 26.3 Å². The van der Waals surface area contributed by atoms with Gasteiger partial charge >= 0.3 is 0 Å². The van der Waals surface area contributed by atoms with Crippen LogP contribution in [0.2, 0.25) is 0 Å². The Bertz CT molecular complexity index is 408. The second-order valence-electron chi connectivity index (χ2n) is 4.47. The van der Waals surface area contributed by atoms with Crippen LogP contribution in [0.4, 0.5) is 5.69 Å². The molecular weight excluding hydrogens is 206 g/mol. The van der Waals surface area contributed by atoms with Gasteiger partial charge in [-0.1, -0.05) is 12.1 Å². The minimum atomic E-state index is -0.422. The maximum Gasteiger partial charge on any atom is 0.270 e. The number of benzene rings is 1. The van der Waals surface area contributed by atoms with E-state index in [0.29, 0.717) is 5.56 Å². The number of nitro groups is 1.